The fourth-order valence-corrected chi connectivity index (χ4v) is 7.45. The third kappa shape index (κ3) is 25.1. The van der Waals surface area contributed by atoms with Crippen LogP contribution in [-0.2, 0) is 18.6 Å². The van der Waals surface area contributed by atoms with Gasteiger partial charge in [-0.1, -0.05) is 122 Å². The molecule has 0 radical (unpaired) electrons. The number of methoxy groups -OCH3 is 1. The Kier molecular flexibility index (Phi) is 28.1. The summed E-state index contributed by atoms with van der Waals surface area (Å²) in [6.07, 6.45) is 32.8. The average Bonchev–Trinajstić information content (AvgIpc) is 2.94. The predicted octanol–water partition coefficient (Wildman–Crippen LogP) is 10.4. The van der Waals surface area contributed by atoms with Crippen molar-refractivity contribution in [3.8, 4) is 0 Å². The Labute approximate surface area is 262 Å². The molecule has 3 atom stereocenters. The molecule has 0 aromatic rings. The highest BCUT2D eigenvalue weighted by Gasteiger charge is 2.42. The van der Waals surface area contributed by atoms with Gasteiger partial charge in [-0.2, -0.15) is 0 Å². The Bertz CT molecular complexity index is 652. The zero-order valence-electron chi connectivity index (χ0n) is 29.0. The van der Waals surface area contributed by atoms with Gasteiger partial charge in [0.15, 0.2) is 5.78 Å². The van der Waals surface area contributed by atoms with Crippen LogP contribution in [0.1, 0.15) is 155 Å². The molecule has 0 bridgehead atoms. The second-order valence-corrected chi connectivity index (χ2v) is 15.2. The van der Waals surface area contributed by atoms with Gasteiger partial charge in [-0.15, -0.1) is 0 Å². The van der Waals surface area contributed by atoms with Gasteiger partial charge in [0.1, 0.15) is 6.10 Å². The lowest BCUT2D eigenvalue weighted by Gasteiger charge is -2.36. The van der Waals surface area contributed by atoms with Gasteiger partial charge in [-0.25, -0.2) is 0 Å². The van der Waals surface area contributed by atoms with Crippen molar-refractivity contribution in [3.05, 3.63) is 12.2 Å². The summed E-state index contributed by atoms with van der Waals surface area (Å²) in [5.41, 5.74) is 0. The quantitative estimate of drug-likeness (QED) is 0.0352. The monoisotopic (exact) mass is 619 g/mol. The minimum absolute atomic E-state index is 0.0641. The van der Waals surface area contributed by atoms with E-state index in [9.17, 15) is 9.46 Å². The van der Waals surface area contributed by atoms with Crippen LogP contribution in [0.15, 0.2) is 12.2 Å². The maximum Gasteiger partial charge on any atom is 0.385 e. The van der Waals surface area contributed by atoms with Crippen LogP contribution in [0, 0.1) is 0 Å². The molecule has 6 nitrogen and oxygen atoms in total. The number of unbranched alkanes of at least 4 members (excludes halogenated alkanes) is 18. The van der Waals surface area contributed by atoms with E-state index in [1.54, 1.807) is 7.11 Å². The van der Waals surface area contributed by atoms with Gasteiger partial charge >= 0.3 is 7.60 Å². The normalized spacial score (nSPS) is 15.3. The summed E-state index contributed by atoms with van der Waals surface area (Å²) in [5, 5.41) is 0. The van der Waals surface area contributed by atoms with E-state index in [0.29, 0.717) is 24.1 Å². The molecule has 1 N–H and O–H groups in total. The number of hydrogen-bond donors (Lipinski definition) is 1. The number of allylic oxidation sites excluding steroid dienone is 2. The summed E-state index contributed by atoms with van der Waals surface area (Å²) in [4.78, 5) is 10.6. The zero-order valence-corrected chi connectivity index (χ0v) is 29.9. The van der Waals surface area contributed by atoms with Gasteiger partial charge < -0.3 is 23.4 Å². The predicted molar refractivity (Wildman–Crippen MR) is 181 cm³/mol. The number of quaternary nitrogens is 1. The Balaban J connectivity index is 3.60. The molecule has 0 rings (SSSR count). The summed E-state index contributed by atoms with van der Waals surface area (Å²) in [7, 11) is 3.62. The van der Waals surface area contributed by atoms with Gasteiger partial charge in [0.25, 0.3) is 0 Å². The van der Waals surface area contributed by atoms with Crippen LogP contribution in [0.25, 0.3) is 0 Å². The zero-order chi connectivity index (χ0) is 31.4. The molecule has 0 saturated heterocycles. The lowest BCUT2D eigenvalue weighted by molar-refractivity contribution is -0.883. The molecule has 7 heteroatoms. The highest BCUT2D eigenvalue weighted by atomic mass is 31.2. The highest BCUT2D eigenvalue weighted by Crippen LogP contribution is 2.51. The SMILES string of the molecule is CCCCCCCCCCCCCCCCC/C=C\CCCCCOC[C@H](COP(=O)(O)C(CCC)[N+](C)(C)C)OC. The van der Waals surface area contributed by atoms with Crippen LogP contribution in [0.2, 0.25) is 0 Å². The van der Waals surface area contributed by atoms with Gasteiger partial charge in [0, 0.05) is 20.1 Å². The van der Waals surface area contributed by atoms with Crippen LogP contribution in [0.5, 0.6) is 0 Å². The molecule has 42 heavy (non-hydrogen) atoms. The first-order valence-corrected chi connectivity index (χ1v) is 19.4. The Morgan fingerprint density at radius 1 is 0.667 bits per heavy atom. The van der Waals surface area contributed by atoms with Crippen molar-refractivity contribution in [1.29, 1.82) is 0 Å². The van der Waals surface area contributed by atoms with Crippen LogP contribution in [0.4, 0.5) is 0 Å². The van der Waals surface area contributed by atoms with E-state index >= 15 is 0 Å². The Morgan fingerprint density at radius 2 is 1.12 bits per heavy atom. The minimum Gasteiger partial charge on any atom is -0.379 e. The van der Waals surface area contributed by atoms with E-state index in [2.05, 4.69) is 19.1 Å². The Hall–Kier alpha value is -0.230. The van der Waals surface area contributed by atoms with Crippen molar-refractivity contribution in [1.82, 2.24) is 0 Å². The first-order chi connectivity index (χ1) is 20.2. The molecule has 0 saturated carbocycles. The molecular weight excluding hydrogens is 545 g/mol. The molecule has 2 unspecified atom stereocenters. The molecule has 0 fully saturated rings. The van der Waals surface area contributed by atoms with Crippen molar-refractivity contribution in [3.63, 3.8) is 0 Å². The lowest BCUT2D eigenvalue weighted by Crippen LogP contribution is -2.45. The van der Waals surface area contributed by atoms with Crippen LogP contribution in [-0.4, -0.2) is 69.3 Å². The number of hydrogen-bond acceptors (Lipinski definition) is 4. The van der Waals surface area contributed by atoms with Crippen LogP contribution in [0.3, 0.4) is 0 Å². The minimum atomic E-state index is -3.76. The molecule has 0 amide bonds. The maximum absolute atomic E-state index is 12.9. The smallest absolute Gasteiger partial charge is 0.379 e. The molecule has 252 valence electrons. The van der Waals surface area contributed by atoms with E-state index in [-0.39, 0.29) is 12.7 Å². The fourth-order valence-electron chi connectivity index (χ4n) is 5.43. The van der Waals surface area contributed by atoms with Crippen molar-refractivity contribution < 1.29 is 27.9 Å². The molecule has 0 aliphatic heterocycles. The molecule has 0 aromatic heterocycles. The summed E-state index contributed by atoms with van der Waals surface area (Å²) in [6.45, 7) is 5.43. The first kappa shape index (κ1) is 41.8. The highest BCUT2D eigenvalue weighted by molar-refractivity contribution is 7.53. The number of nitrogens with zero attached hydrogens (tertiary/aromatic N) is 1. The third-order valence-corrected chi connectivity index (χ3v) is 10.4. The fraction of sp³-hybridized carbons (Fsp3) is 0.943. The van der Waals surface area contributed by atoms with Crippen molar-refractivity contribution in [2.24, 2.45) is 0 Å². The third-order valence-electron chi connectivity index (χ3n) is 8.20. The lowest BCUT2D eigenvalue weighted by atomic mass is 10.0. The van der Waals surface area contributed by atoms with E-state index in [4.69, 9.17) is 14.0 Å². The van der Waals surface area contributed by atoms with E-state index < -0.39 is 13.4 Å². The number of rotatable bonds is 32. The van der Waals surface area contributed by atoms with Crippen molar-refractivity contribution in [2.75, 3.05) is 48.1 Å². The molecule has 0 aliphatic rings. The summed E-state index contributed by atoms with van der Waals surface area (Å²) in [5.74, 6) is -0.445. The van der Waals surface area contributed by atoms with Crippen LogP contribution >= 0.6 is 7.60 Å². The Morgan fingerprint density at radius 3 is 1.55 bits per heavy atom. The van der Waals surface area contributed by atoms with E-state index in [0.717, 1.165) is 25.7 Å². The maximum atomic E-state index is 12.9. The molecule has 0 aliphatic carbocycles. The molecular formula is C35H73NO5P+. The molecule has 0 spiro atoms. The summed E-state index contributed by atoms with van der Waals surface area (Å²) in [6, 6.07) is 0. The molecule has 0 heterocycles. The van der Waals surface area contributed by atoms with Gasteiger partial charge in [0.2, 0.25) is 0 Å². The first-order valence-electron chi connectivity index (χ1n) is 17.7. The molecule has 0 aromatic carbocycles. The van der Waals surface area contributed by atoms with Gasteiger partial charge in [0.05, 0.1) is 34.4 Å². The van der Waals surface area contributed by atoms with Gasteiger partial charge in [-0.05, 0) is 38.5 Å². The van der Waals surface area contributed by atoms with Crippen molar-refractivity contribution >= 4 is 7.60 Å². The topological polar surface area (TPSA) is 65.0 Å². The number of ether oxygens (including phenoxy) is 2. The van der Waals surface area contributed by atoms with E-state index in [1.807, 2.05) is 28.1 Å². The van der Waals surface area contributed by atoms with Crippen LogP contribution < -0.4 is 0 Å². The standard InChI is InChI=1S/C35H72NO5P/c1-7-9-10-11-12-13-14-15-16-17-18-19-20-21-22-23-24-25-26-27-28-29-31-40-32-34(39-6)33-41-42(37,38)35(30-8-2)36(3,4)5/h24-25,34-35H,7-23,26-33H2,1-6H3/p+1/b25-24-/t34-,35?/m1/s1. The summed E-state index contributed by atoms with van der Waals surface area (Å²) < 4.78 is 30.0. The largest absolute Gasteiger partial charge is 0.385 e. The van der Waals surface area contributed by atoms with E-state index in [1.165, 1.54) is 109 Å². The van der Waals surface area contributed by atoms with Gasteiger partial charge in [-0.3, -0.25) is 4.57 Å². The van der Waals surface area contributed by atoms with Crippen molar-refractivity contribution in [2.45, 2.75) is 167 Å². The average molecular weight is 619 g/mol. The summed E-state index contributed by atoms with van der Waals surface area (Å²) >= 11 is 0. The second-order valence-electron chi connectivity index (χ2n) is 13.2. The second kappa shape index (κ2) is 28.3.